The van der Waals surface area contributed by atoms with Crippen molar-refractivity contribution in [3.05, 3.63) is 56.5 Å². The molecular weight excluding hydrogens is 637 g/mol. The third kappa shape index (κ3) is 5.96. The van der Waals surface area contributed by atoms with Gasteiger partial charge in [-0.2, -0.15) is 22.7 Å². The van der Waals surface area contributed by atoms with Gasteiger partial charge in [-0.05, 0) is 42.4 Å². The first-order valence-corrected chi connectivity index (χ1v) is 18.2. The van der Waals surface area contributed by atoms with Crippen LogP contribution < -0.4 is 14.5 Å². The van der Waals surface area contributed by atoms with Gasteiger partial charge in [-0.3, -0.25) is 0 Å². The van der Waals surface area contributed by atoms with E-state index in [1.54, 1.807) is 13.0 Å². The van der Waals surface area contributed by atoms with E-state index in [9.17, 15) is 21.4 Å². The highest BCUT2D eigenvalue weighted by molar-refractivity contribution is 8.03. The largest absolute Gasteiger partial charge is 0.748 e. The fraction of sp³-hybridized carbons (Fsp3) is 0.400. The monoisotopic (exact) mass is 664 g/mol. The van der Waals surface area contributed by atoms with Crippen LogP contribution in [0.4, 0.5) is 5.69 Å². The molecule has 2 unspecified atom stereocenters. The molecule has 2 atom stereocenters. The molecule has 3 heterocycles. The van der Waals surface area contributed by atoms with Crippen LogP contribution in [0, 0.1) is 0 Å². The maximum atomic E-state index is 13.5. The average Bonchev–Trinajstić information content (AvgIpc) is 3.56. The summed E-state index contributed by atoms with van der Waals surface area (Å²) in [6, 6.07) is 11.1. The summed E-state index contributed by atoms with van der Waals surface area (Å²) in [6.07, 6.45) is 3.81. The molecule has 1 fully saturated rings. The number of hydrogen-bond acceptors (Lipinski definition) is 9. The quantitative estimate of drug-likeness (QED) is 0.103. The number of rotatable bonds is 10. The number of quaternary nitrogens is 1. The summed E-state index contributed by atoms with van der Waals surface area (Å²) in [7, 11) is -8.31. The first kappa shape index (κ1) is 30.2. The molecule has 1 spiro atoms. The number of hydroxylamine groups is 1. The molecule has 5 rings (SSSR count). The van der Waals surface area contributed by atoms with Gasteiger partial charge >= 0.3 is 10.1 Å². The van der Waals surface area contributed by atoms with Crippen molar-refractivity contribution in [1.29, 1.82) is 0 Å². The normalized spacial score (nSPS) is 22.1. The van der Waals surface area contributed by atoms with Gasteiger partial charge in [-0.25, -0.2) is 12.9 Å². The predicted molar refractivity (Wildman–Crippen MR) is 159 cm³/mol. The van der Waals surface area contributed by atoms with E-state index in [2.05, 4.69) is 10.0 Å². The number of fused-ring (bicyclic) bond motifs is 3. The molecular formula is C25H28Cl2N3O6S4+. The van der Waals surface area contributed by atoms with Crippen molar-refractivity contribution in [2.24, 2.45) is 0 Å². The third-order valence-electron chi connectivity index (χ3n) is 7.03. The zero-order chi connectivity index (χ0) is 28.7. The minimum Gasteiger partial charge on any atom is -0.748 e. The van der Waals surface area contributed by atoms with Gasteiger partial charge in [-0.15, -0.1) is 0 Å². The Balaban J connectivity index is 1.63. The summed E-state index contributed by atoms with van der Waals surface area (Å²) >= 11 is 15.8. The smallest absolute Gasteiger partial charge is 0.338 e. The lowest BCUT2D eigenvalue weighted by Crippen LogP contribution is -2.54. The van der Waals surface area contributed by atoms with Gasteiger partial charge < -0.3 is 4.55 Å². The highest BCUT2D eigenvalue weighted by Crippen LogP contribution is 2.57. The van der Waals surface area contributed by atoms with Crippen molar-refractivity contribution in [2.75, 3.05) is 18.8 Å². The fourth-order valence-electron chi connectivity index (χ4n) is 5.38. The minimum atomic E-state index is -4.30. The predicted octanol–water partition coefficient (Wildman–Crippen LogP) is 5.22. The SMILES string of the molecule is CCNOS(=O)(=O)C1CCC[N+]12C(=Cc1sc3ccc(Cl)cc3[n+]1CCCCS(=O)(=O)[O-])Sc1ccc(Cl)cc12. The zero-order valence-corrected chi connectivity index (χ0v) is 26.3. The second-order valence-corrected chi connectivity index (χ2v) is 15.9. The number of thiazole rings is 1. The molecule has 0 radical (unpaired) electrons. The van der Waals surface area contributed by atoms with Crippen molar-refractivity contribution in [3.8, 4) is 0 Å². The van der Waals surface area contributed by atoms with Gasteiger partial charge in [0.25, 0.3) is 5.01 Å². The van der Waals surface area contributed by atoms with Crippen LogP contribution in [0.5, 0.6) is 0 Å². The lowest BCUT2D eigenvalue weighted by atomic mass is 10.2. The number of halogens is 2. The average molecular weight is 666 g/mol. The molecule has 2 aliphatic rings. The molecule has 3 aromatic rings. The Morgan fingerprint density at radius 2 is 1.90 bits per heavy atom. The van der Waals surface area contributed by atoms with E-state index in [0.717, 1.165) is 30.8 Å². The zero-order valence-electron chi connectivity index (χ0n) is 21.5. The molecule has 1 aromatic heterocycles. The van der Waals surface area contributed by atoms with Crippen molar-refractivity contribution >= 4 is 88.5 Å². The van der Waals surface area contributed by atoms with Gasteiger partial charge in [0.1, 0.15) is 4.70 Å². The molecule has 1 saturated heterocycles. The van der Waals surface area contributed by atoms with E-state index >= 15 is 0 Å². The Labute approximate surface area is 252 Å². The lowest BCUT2D eigenvalue weighted by Gasteiger charge is -2.34. The maximum Gasteiger partial charge on any atom is 0.338 e. The summed E-state index contributed by atoms with van der Waals surface area (Å²) in [4.78, 5) is 0.928. The fourth-order valence-corrected chi connectivity index (χ4v) is 10.5. The number of benzene rings is 2. The number of nitrogens with one attached hydrogen (secondary N) is 1. The standard InChI is InChI=1S/C25H28Cl2N3O6S4/c1-2-28-36-40(34,35)25-6-5-12-30(25)20-15-18(27)8-10-22(20)38-24(30)16-23-29(11-3-4-13-39(31,32)33)19-14-17(26)7-9-21(19)37-23/h7-10,14-16,25,28H,2-6,11-13H2,1H3/q+1. The molecule has 2 aromatic carbocycles. The summed E-state index contributed by atoms with van der Waals surface area (Å²) in [5.74, 6) is -0.427. The third-order valence-corrected chi connectivity index (χ3v) is 12.2. The Kier molecular flexibility index (Phi) is 8.90. The molecule has 0 bridgehead atoms. The number of nitrogens with zero attached hydrogens (tertiary/aromatic N) is 2. The topological polar surface area (TPSA) is 116 Å². The highest BCUT2D eigenvalue weighted by atomic mass is 35.5. The van der Waals surface area contributed by atoms with Crippen LogP contribution in [-0.4, -0.2) is 45.6 Å². The van der Waals surface area contributed by atoms with Crippen LogP contribution in [0.25, 0.3) is 16.3 Å². The molecule has 216 valence electrons. The molecule has 2 aliphatic heterocycles. The van der Waals surface area contributed by atoms with Crippen LogP contribution in [-0.2, 0) is 31.1 Å². The van der Waals surface area contributed by atoms with Crippen molar-refractivity contribution in [3.63, 3.8) is 0 Å². The van der Waals surface area contributed by atoms with E-state index in [1.165, 1.54) is 23.1 Å². The molecule has 0 aliphatic carbocycles. The number of unbranched alkanes of at least 4 members (excludes halogenated alkanes) is 1. The highest BCUT2D eigenvalue weighted by Gasteiger charge is 2.59. The van der Waals surface area contributed by atoms with E-state index in [0.29, 0.717) is 48.9 Å². The van der Waals surface area contributed by atoms with Crippen LogP contribution in [0.3, 0.4) is 0 Å². The number of thioether (sulfide) groups is 1. The Bertz CT molecular complexity index is 1690. The Morgan fingerprint density at radius 3 is 2.65 bits per heavy atom. The first-order valence-electron chi connectivity index (χ1n) is 12.7. The second-order valence-electron chi connectivity index (χ2n) is 9.63. The molecule has 9 nitrogen and oxygen atoms in total. The van der Waals surface area contributed by atoms with E-state index in [4.69, 9.17) is 27.5 Å². The second kappa shape index (κ2) is 11.8. The van der Waals surface area contributed by atoms with Crippen LogP contribution in [0.1, 0.15) is 37.6 Å². The molecule has 15 heteroatoms. The summed E-state index contributed by atoms with van der Waals surface area (Å²) < 4.78 is 68.7. The Morgan fingerprint density at radius 1 is 1.15 bits per heavy atom. The summed E-state index contributed by atoms with van der Waals surface area (Å²) in [5, 5.41) is 1.90. The summed E-state index contributed by atoms with van der Waals surface area (Å²) in [6.45, 7) is 3.12. The minimum absolute atomic E-state index is 0.0811. The molecule has 1 N–H and O–H groups in total. The maximum absolute atomic E-state index is 13.5. The van der Waals surface area contributed by atoms with Gasteiger partial charge in [-0.1, -0.05) is 41.5 Å². The van der Waals surface area contributed by atoms with E-state index in [1.807, 2.05) is 36.4 Å². The number of aromatic nitrogens is 1. The van der Waals surface area contributed by atoms with Gasteiger partial charge in [0.05, 0.1) is 27.6 Å². The molecule has 0 amide bonds. The van der Waals surface area contributed by atoms with Crippen molar-refractivity contribution < 1.29 is 30.2 Å². The lowest BCUT2D eigenvalue weighted by molar-refractivity contribution is -0.669. The van der Waals surface area contributed by atoms with Crippen LogP contribution >= 0.6 is 46.3 Å². The van der Waals surface area contributed by atoms with Crippen molar-refractivity contribution in [2.45, 2.75) is 49.4 Å². The Hall–Kier alpha value is -1.26. The van der Waals surface area contributed by atoms with Crippen LogP contribution in [0.15, 0.2) is 46.3 Å². The first-order chi connectivity index (χ1) is 18.9. The van der Waals surface area contributed by atoms with E-state index < -0.39 is 31.4 Å². The molecule has 40 heavy (non-hydrogen) atoms. The van der Waals surface area contributed by atoms with Gasteiger partial charge in [0.15, 0.2) is 17.3 Å². The van der Waals surface area contributed by atoms with E-state index in [-0.39, 0.29) is 10.9 Å². The molecule has 0 saturated carbocycles. The van der Waals surface area contributed by atoms with Crippen molar-refractivity contribution in [1.82, 2.24) is 9.96 Å². The van der Waals surface area contributed by atoms with Crippen LogP contribution in [0.2, 0.25) is 10.0 Å². The van der Waals surface area contributed by atoms with Gasteiger partial charge in [0, 0.05) is 53.7 Å². The number of aryl methyl sites for hydroxylation is 1. The number of hydrogen-bond donors (Lipinski definition) is 1. The summed E-state index contributed by atoms with van der Waals surface area (Å²) in [5.41, 5.74) is 4.22. The van der Waals surface area contributed by atoms with Gasteiger partial charge in [0.2, 0.25) is 10.9 Å².